The number of carbonyl (C=O) groups is 1. The normalized spacial score (nSPS) is 18.4. The Balaban J connectivity index is 1.33. The number of carbonyl (C=O) groups excluding carboxylic acids is 1. The number of hydrogen-bond acceptors (Lipinski definition) is 4. The minimum atomic E-state index is 0.177. The number of para-hydroxylation sites is 1. The molecule has 0 N–H and O–H groups in total. The van der Waals surface area contributed by atoms with Crippen molar-refractivity contribution in [1.29, 1.82) is 0 Å². The summed E-state index contributed by atoms with van der Waals surface area (Å²) in [6.07, 6.45) is 6.69. The van der Waals surface area contributed by atoms with Crippen LogP contribution in [-0.2, 0) is 13.0 Å². The van der Waals surface area contributed by atoms with Gasteiger partial charge in [-0.05, 0) is 85.4 Å². The van der Waals surface area contributed by atoms with Crippen LogP contribution in [0, 0.1) is 12.3 Å². The smallest absolute Gasteiger partial charge is 0.254 e. The van der Waals surface area contributed by atoms with Gasteiger partial charge in [0.05, 0.1) is 7.11 Å². The molecule has 5 rings (SSSR count). The number of hydrogen-bond donors (Lipinski definition) is 0. The highest BCUT2D eigenvalue weighted by Gasteiger charge is 2.37. The number of aryl methyl sites for hydroxylation is 2. The van der Waals surface area contributed by atoms with Gasteiger partial charge >= 0.3 is 0 Å². The van der Waals surface area contributed by atoms with E-state index in [2.05, 4.69) is 46.2 Å². The molecular formula is C34H42N2O3. The van der Waals surface area contributed by atoms with E-state index in [1.807, 2.05) is 43.3 Å². The van der Waals surface area contributed by atoms with Crippen molar-refractivity contribution < 1.29 is 14.3 Å². The van der Waals surface area contributed by atoms with Gasteiger partial charge < -0.3 is 14.4 Å². The van der Waals surface area contributed by atoms with Crippen molar-refractivity contribution in [1.82, 2.24) is 9.80 Å². The molecule has 3 aromatic carbocycles. The number of fused-ring (bicyclic) bond motifs is 1. The first-order valence-electron chi connectivity index (χ1n) is 14.5. The second-order valence-corrected chi connectivity index (χ2v) is 11.3. The minimum Gasteiger partial charge on any atom is -0.497 e. The summed E-state index contributed by atoms with van der Waals surface area (Å²) in [5, 5.41) is 0. The lowest BCUT2D eigenvalue weighted by Gasteiger charge is -2.45. The molecule has 0 atom stereocenters. The van der Waals surface area contributed by atoms with Gasteiger partial charge in [0.15, 0.2) is 0 Å². The average Bonchev–Trinajstić information content (AvgIpc) is 2.96. The highest BCUT2D eigenvalue weighted by Crippen LogP contribution is 2.39. The maximum Gasteiger partial charge on any atom is 0.254 e. The lowest BCUT2D eigenvalue weighted by molar-refractivity contribution is 0.0360. The zero-order valence-corrected chi connectivity index (χ0v) is 23.5. The van der Waals surface area contributed by atoms with E-state index < -0.39 is 0 Å². The maximum absolute atomic E-state index is 13.4. The predicted molar refractivity (Wildman–Crippen MR) is 157 cm³/mol. The van der Waals surface area contributed by atoms with Crippen LogP contribution in [0.4, 0.5) is 0 Å². The number of benzene rings is 3. The fraction of sp³-hybridized carbons (Fsp3) is 0.441. The lowest BCUT2D eigenvalue weighted by Crippen LogP contribution is -2.48. The third-order valence-electron chi connectivity index (χ3n) is 8.65. The molecule has 2 aliphatic rings. The summed E-state index contributed by atoms with van der Waals surface area (Å²) < 4.78 is 11.7. The molecule has 2 heterocycles. The molecule has 0 unspecified atom stereocenters. The number of likely N-dealkylation sites (tertiary alicyclic amines) is 1. The molecule has 0 aliphatic carbocycles. The second-order valence-electron chi connectivity index (χ2n) is 11.3. The van der Waals surface area contributed by atoms with Gasteiger partial charge in [0.1, 0.15) is 18.1 Å². The molecule has 5 heteroatoms. The fourth-order valence-corrected chi connectivity index (χ4v) is 6.28. The van der Waals surface area contributed by atoms with Crippen LogP contribution in [0.3, 0.4) is 0 Å². The second kappa shape index (κ2) is 12.7. The largest absolute Gasteiger partial charge is 0.497 e. The number of nitrogens with zero attached hydrogens (tertiary/aromatic N) is 2. The van der Waals surface area contributed by atoms with Crippen LogP contribution in [0.1, 0.15) is 59.2 Å². The minimum absolute atomic E-state index is 0.177. The molecule has 0 aromatic heterocycles. The highest BCUT2D eigenvalue weighted by atomic mass is 16.5. The van der Waals surface area contributed by atoms with Gasteiger partial charge in [-0.2, -0.15) is 0 Å². The van der Waals surface area contributed by atoms with E-state index in [0.29, 0.717) is 6.61 Å². The topological polar surface area (TPSA) is 42.0 Å². The number of rotatable bonds is 4. The SMILES string of the molecule is COc1ccc(CN2CCOc3ccccc3CCCCC3(CCN(C(=O)c4ccccc4C)CC3)C2)cc1. The molecule has 0 bridgehead atoms. The molecule has 0 radical (unpaired) electrons. The highest BCUT2D eigenvalue weighted by molar-refractivity contribution is 5.95. The zero-order valence-electron chi connectivity index (χ0n) is 23.5. The molecular weight excluding hydrogens is 484 g/mol. The molecule has 0 saturated carbocycles. The van der Waals surface area contributed by atoms with E-state index in [4.69, 9.17) is 9.47 Å². The van der Waals surface area contributed by atoms with E-state index in [-0.39, 0.29) is 11.3 Å². The van der Waals surface area contributed by atoms with Crippen molar-refractivity contribution in [2.75, 3.05) is 39.9 Å². The average molecular weight is 527 g/mol. The molecule has 3 aromatic rings. The Labute approximate surface area is 233 Å². The van der Waals surface area contributed by atoms with Gasteiger partial charge in [-0.25, -0.2) is 0 Å². The molecule has 1 saturated heterocycles. The van der Waals surface area contributed by atoms with Gasteiger partial charge in [0.25, 0.3) is 5.91 Å². The lowest BCUT2D eigenvalue weighted by atomic mass is 9.73. The Morgan fingerprint density at radius 3 is 2.41 bits per heavy atom. The van der Waals surface area contributed by atoms with Gasteiger partial charge in [0, 0.05) is 38.3 Å². The molecule has 2 aliphatic heterocycles. The monoisotopic (exact) mass is 526 g/mol. The quantitative estimate of drug-likeness (QED) is 0.387. The number of ether oxygens (including phenoxy) is 2. The first kappa shape index (κ1) is 27.3. The molecule has 206 valence electrons. The van der Waals surface area contributed by atoms with Gasteiger partial charge in [-0.15, -0.1) is 0 Å². The summed E-state index contributed by atoms with van der Waals surface area (Å²) in [5.41, 5.74) is 4.69. The van der Waals surface area contributed by atoms with Gasteiger partial charge in [-0.3, -0.25) is 9.69 Å². The summed E-state index contributed by atoms with van der Waals surface area (Å²) in [5.74, 6) is 2.09. The molecule has 1 amide bonds. The third-order valence-corrected chi connectivity index (χ3v) is 8.65. The van der Waals surface area contributed by atoms with E-state index in [1.165, 1.54) is 24.0 Å². The zero-order chi connectivity index (χ0) is 27.1. The summed E-state index contributed by atoms with van der Waals surface area (Å²) in [4.78, 5) is 18.0. The molecule has 1 fully saturated rings. The standard InChI is InChI=1S/C34H42N2O3/c1-27-9-3-5-12-31(27)33(37)36-21-19-34(20-22-36)18-8-7-11-29-10-4-6-13-32(29)39-24-23-35(26-34)25-28-14-16-30(38-2)17-15-28/h3-6,9-10,12-17H,7-8,11,18-26H2,1-2H3. The van der Waals surface area contributed by atoms with Crippen LogP contribution in [0.2, 0.25) is 0 Å². The first-order chi connectivity index (χ1) is 19.0. The Bertz CT molecular complexity index is 1230. The van der Waals surface area contributed by atoms with E-state index in [1.54, 1.807) is 7.11 Å². The van der Waals surface area contributed by atoms with E-state index in [0.717, 1.165) is 81.0 Å². The Hall–Kier alpha value is -3.31. The van der Waals surface area contributed by atoms with Crippen LogP contribution in [0.25, 0.3) is 0 Å². The van der Waals surface area contributed by atoms with Crippen molar-refractivity contribution in [2.45, 2.75) is 52.0 Å². The third kappa shape index (κ3) is 6.83. The Morgan fingerprint density at radius 2 is 1.64 bits per heavy atom. The van der Waals surface area contributed by atoms with Crippen molar-refractivity contribution in [2.24, 2.45) is 5.41 Å². The van der Waals surface area contributed by atoms with E-state index in [9.17, 15) is 4.79 Å². The van der Waals surface area contributed by atoms with Crippen LogP contribution in [-0.4, -0.2) is 55.6 Å². The number of methoxy groups -OCH3 is 1. The predicted octanol–water partition coefficient (Wildman–Crippen LogP) is 6.53. The fourth-order valence-electron chi connectivity index (χ4n) is 6.28. The first-order valence-corrected chi connectivity index (χ1v) is 14.5. The van der Waals surface area contributed by atoms with Crippen molar-refractivity contribution in [3.8, 4) is 11.5 Å². The van der Waals surface area contributed by atoms with Crippen molar-refractivity contribution in [3.05, 3.63) is 95.1 Å². The summed E-state index contributed by atoms with van der Waals surface area (Å²) in [6.45, 7) is 7.11. The van der Waals surface area contributed by atoms with E-state index >= 15 is 0 Å². The summed E-state index contributed by atoms with van der Waals surface area (Å²) in [6, 6.07) is 24.9. The number of amides is 1. The van der Waals surface area contributed by atoms with Crippen molar-refractivity contribution in [3.63, 3.8) is 0 Å². The van der Waals surface area contributed by atoms with Crippen LogP contribution >= 0.6 is 0 Å². The van der Waals surface area contributed by atoms with Crippen molar-refractivity contribution >= 4 is 5.91 Å². The maximum atomic E-state index is 13.4. The summed E-state index contributed by atoms with van der Waals surface area (Å²) in [7, 11) is 1.71. The molecule has 1 spiro atoms. The van der Waals surface area contributed by atoms with Crippen LogP contribution in [0.5, 0.6) is 11.5 Å². The van der Waals surface area contributed by atoms with Gasteiger partial charge in [0.2, 0.25) is 0 Å². The summed E-state index contributed by atoms with van der Waals surface area (Å²) >= 11 is 0. The molecule has 5 nitrogen and oxygen atoms in total. The number of piperidine rings is 1. The van der Waals surface area contributed by atoms with Crippen LogP contribution in [0.15, 0.2) is 72.8 Å². The molecule has 39 heavy (non-hydrogen) atoms. The van der Waals surface area contributed by atoms with Crippen LogP contribution < -0.4 is 9.47 Å². The Kier molecular flexibility index (Phi) is 8.88. The van der Waals surface area contributed by atoms with Gasteiger partial charge in [-0.1, -0.05) is 55.0 Å². The Morgan fingerprint density at radius 1 is 0.897 bits per heavy atom.